The van der Waals surface area contributed by atoms with Crippen LogP contribution < -0.4 is 10.6 Å². The molecule has 0 saturated carbocycles. The highest BCUT2D eigenvalue weighted by atomic mass is 16.2. The Labute approximate surface area is 137 Å². The largest absolute Gasteiger partial charge is 0.348 e. The van der Waals surface area contributed by atoms with E-state index >= 15 is 0 Å². The van der Waals surface area contributed by atoms with E-state index in [0.717, 1.165) is 37.8 Å². The predicted molar refractivity (Wildman–Crippen MR) is 88.8 cm³/mol. The van der Waals surface area contributed by atoms with Gasteiger partial charge in [-0.1, -0.05) is 30.3 Å². The lowest BCUT2D eigenvalue weighted by molar-refractivity contribution is -0.140. The monoisotopic (exact) mass is 315 g/mol. The van der Waals surface area contributed by atoms with Crippen molar-refractivity contribution in [2.24, 2.45) is 0 Å². The second-order valence-electron chi connectivity index (χ2n) is 6.48. The van der Waals surface area contributed by atoms with Gasteiger partial charge in [-0.05, 0) is 44.7 Å². The Morgan fingerprint density at radius 1 is 1.22 bits per heavy atom. The second kappa shape index (κ2) is 7.13. The van der Waals surface area contributed by atoms with Gasteiger partial charge < -0.3 is 15.5 Å². The molecule has 3 rings (SSSR count). The van der Waals surface area contributed by atoms with Crippen LogP contribution in [0.15, 0.2) is 30.3 Å². The van der Waals surface area contributed by atoms with Gasteiger partial charge in [0.15, 0.2) is 0 Å². The first kappa shape index (κ1) is 16.0. The Kier molecular flexibility index (Phi) is 4.96. The molecule has 0 spiro atoms. The Morgan fingerprint density at radius 3 is 2.70 bits per heavy atom. The third-order valence-corrected chi connectivity index (χ3v) is 4.86. The lowest BCUT2D eigenvalue weighted by Crippen LogP contribution is -2.51. The Balaban J connectivity index is 1.62. The Hall–Kier alpha value is -1.88. The van der Waals surface area contributed by atoms with E-state index in [9.17, 15) is 9.59 Å². The van der Waals surface area contributed by atoms with Crippen LogP contribution in [-0.4, -0.2) is 41.9 Å². The van der Waals surface area contributed by atoms with Crippen molar-refractivity contribution in [3.05, 3.63) is 35.9 Å². The number of likely N-dealkylation sites (tertiary alicyclic amines) is 1. The molecule has 0 aromatic heterocycles. The fraction of sp³-hybridized carbons (Fsp3) is 0.556. The van der Waals surface area contributed by atoms with Crippen LogP contribution in [0.4, 0.5) is 0 Å². The maximum atomic E-state index is 12.6. The van der Waals surface area contributed by atoms with Crippen LogP contribution in [0.2, 0.25) is 0 Å². The Bertz CT molecular complexity index is 555. The summed E-state index contributed by atoms with van der Waals surface area (Å²) in [5, 5.41) is 6.30. The van der Waals surface area contributed by atoms with E-state index in [1.807, 2.05) is 37.3 Å². The number of amides is 2. The first-order valence-electron chi connectivity index (χ1n) is 8.56. The minimum atomic E-state index is -0.323. The van der Waals surface area contributed by atoms with Gasteiger partial charge in [-0.2, -0.15) is 0 Å². The molecule has 2 amide bonds. The fourth-order valence-corrected chi connectivity index (χ4v) is 3.53. The number of benzene rings is 1. The van der Waals surface area contributed by atoms with E-state index in [-0.39, 0.29) is 29.9 Å². The molecule has 1 unspecified atom stereocenters. The highest BCUT2D eigenvalue weighted by molar-refractivity contribution is 5.90. The van der Waals surface area contributed by atoms with Crippen molar-refractivity contribution >= 4 is 11.8 Å². The molecule has 23 heavy (non-hydrogen) atoms. The summed E-state index contributed by atoms with van der Waals surface area (Å²) in [5.74, 6) is 0.0534. The summed E-state index contributed by atoms with van der Waals surface area (Å²) in [7, 11) is 0. The molecule has 2 saturated heterocycles. The topological polar surface area (TPSA) is 61.4 Å². The third kappa shape index (κ3) is 3.55. The van der Waals surface area contributed by atoms with Gasteiger partial charge in [-0.3, -0.25) is 9.59 Å². The van der Waals surface area contributed by atoms with Crippen molar-refractivity contribution in [1.29, 1.82) is 0 Å². The molecular weight excluding hydrogens is 290 g/mol. The molecule has 5 nitrogen and oxygen atoms in total. The van der Waals surface area contributed by atoms with Crippen LogP contribution in [0, 0.1) is 0 Å². The minimum Gasteiger partial charge on any atom is -0.348 e. The first-order valence-corrected chi connectivity index (χ1v) is 8.56. The van der Waals surface area contributed by atoms with Gasteiger partial charge >= 0.3 is 0 Å². The maximum absolute atomic E-state index is 12.6. The molecule has 2 heterocycles. The standard InChI is InChI=1S/C18H25N3O2/c1-13(14-7-3-2-4-8-14)20-17(22)16-10-6-12-21(16)18(23)15-9-5-11-19-15/h2-4,7-8,13,15-16,19H,5-6,9-12H2,1H3,(H,20,22)/t13?,15-,16+/m0/s1. The second-order valence-corrected chi connectivity index (χ2v) is 6.48. The summed E-state index contributed by atoms with van der Waals surface area (Å²) in [4.78, 5) is 27.0. The van der Waals surface area contributed by atoms with Gasteiger partial charge in [-0.15, -0.1) is 0 Å². The van der Waals surface area contributed by atoms with E-state index in [1.165, 1.54) is 0 Å². The van der Waals surface area contributed by atoms with Crippen LogP contribution in [0.25, 0.3) is 0 Å². The summed E-state index contributed by atoms with van der Waals surface area (Å²) < 4.78 is 0. The molecule has 2 N–H and O–H groups in total. The van der Waals surface area contributed by atoms with Crippen LogP contribution in [0.5, 0.6) is 0 Å². The maximum Gasteiger partial charge on any atom is 0.243 e. The van der Waals surface area contributed by atoms with Crippen LogP contribution in [0.3, 0.4) is 0 Å². The normalized spacial score (nSPS) is 25.3. The smallest absolute Gasteiger partial charge is 0.243 e. The molecule has 124 valence electrons. The van der Waals surface area contributed by atoms with E-state index < -0.39 is 0 Å². The summed E-state index contributed by atoms with van der Waals surface area (Å²) in [5.41, 5.74) is 1.08. The van der Waals surface area contributed by atoms with Gasteiger partial charge in [0, 0.05) is 6.54 Å². The third-order valence-electron chi connectivity index (χ3n) is 4.86. The van der Waals surface area contributed by atoms with Crippen LogP contribution in [-0.2, 0) is 9.59 Å². The first-order chi connectivity index (χ1) is 11.2. The van der Waals surface area contributed by atoms with Gasteiger partial charge in [-0.25, -0.2) is 0 Å². The molecule has 0 aliphatic carbocycles. The summed E-state index contributed by atoms with van der Waals surface area (Å²) in [6, 6.07) is 9.43. The van der Waals surface area contributed by atoms with Crippen LogP contribution in [0.1, 0.15) is 44.2 Å². The predicted octanol–water partition coefficient (Wildman–Crippen LogP) is 1.61. The molecule has 3 atom stereocenters. The van der Waals surface area contributed by atoms with E-state index in [2.05, 4.69) is 10.6 Å². The molecule has 1 aromatic rings. The van der Waals surface area contributed by atoms with Gasteiger partial charge in [0.1, 0.15) is 6.04 Å². The lowest BCUT2D eigenvalue weighted by atomic mass is 10.1. The van der Waals surface area contributed by atoms with Crippen molar-refractivity contribution in [3.63, 3.8) is 0 Å². The van der Waals surface area contributed by atoms with Crippen molar-refractivity contribution < 1.29 is 9.59 Å². The zero-order chi connectivity index (χ0) is 16.2. The number of carbonyl (C=O) groups is 2. The Morgan fingerprint density at radius 2 is 2.00 bits per heavy atom. The van der Waals surface area contributed by atoms with Gasteiger partial charge in [0.2, 0.25) is 11.8 Å². The zero-order valence-corrected chi connectivity index (χ0v) is 13.6. The number of hydrogen-bond acceptors (Lipinski definition) is 3. The molecule has 0 bridgehead atoms. The number of carbonyl (C=O) groups excluding carboxylic acids is 2. The molecule has 2 aliphatic heterocycles. The van der Waals surface area contributed by atoms with Crippen molar-refractivity contribution in [3.8, 4) is 0 Å². The molecule has 2 fully saturated rings. The SMILES string of the molecule is CC(NC(=O)[C@H]1CCCN1C(=O)[C@@H]1CCCN1)c1ccccc1. The molecule has 0 radical (unpaired) electrons. The van der Waals surface area contributed by atoms with Crippen LogP contribution >= 0.6 is 0 Å². The van der Waals surface area contributed by atoms with Crippen molar-refractivity contribution in [2.75, 3.05) is 13.1 Å². The molecule has 5 heteroatoms. The van der Waals surface area contributed by atoms with Gasteiger partial charge in [0.05, 0.1) is 12.1 Å². The average Bonchev–Trinajstić information content (AvgIpc) is 3.26. The highest BCUT2D eigenvalue weighted by Gasteiger charge is 2.38. The van der Waals surface area contributed by atoms with Crippen molar-refractivity contribution in [2.45, 2.75) is 50.7 Å². The lowest BCUT2D eigenvalue weighted by Gasteiger charge is -2.28. The minimum absolute atomic E-state index is 0.0369. The quantitative estimate of drug-likeness (QED) is 0.887. The number of nitrogens with zero attached hydrogens (tertiary/aromatic N) is 1. The van der Waals surface area contributed by atoms with E-state index in [4.69, 9.17) is 0 Å². The molecule has 2 aliphatic rings. The van der Waals surface area contributed by atoms with Gasteiger partial charge in [0.25, 0.3) is 0 Å². The fourth-order valence-electron chi connectivity index (χ4n) is 3.53. The molecule has 1 aromatic carbocycles. The summed E-state index contributed by atoms with van der Waals surface area (Å²) >= 11 is 0. The highest BCUT2D eigenvalue weighted by Crippen LogP contribution is 2.22. The average molecular weight is 315 g/mol. The number of hydrogen-bond donors (Lipinski definition) is 2. The van der Waals surface area contributed by atoms with E-state index in [1.54, 1.807) is 4.90 Å². The summed E-state index contributed by atoms with van der Waals surface area (Å²) in [6.07, 6.45) is 3.57. The van der Waals surface area contributed by atoms with Crippen molar-refractivity contribution in [1.82, 2.24) is 15.5 Å². The van der Waals surface area contributed by atoms with E-state index in [0.29, 0.717) is 6.54 Å². The number of rotatable bonds is 4. The zero-order valence-electron chi connectivity index (χ0n) is 13.6. The molecular formula is C18H25N3O2. The number of nitrogens with one attached hydrogen (secondary N) is 2. The summed E-state index contributed by atoms with van der Waals surface area (Å²) in [6.45, 7) is 3.56.